The first-order chi connectivity index (χ1) is 11.4. The molecule has 132 valence electrons. The third kappa shape index (κ3) is 5.08. The third-order valence-electron chi connectivity index (χ3n) is 3.23. The second kappa shape index (κ2) is 9.22. The van der Waals surface area contributed by atoms with Crippen molar-refractivity contribution in [2.45, 2.75) is 38.9 Å². The molecule has 0 radical (unpaired) electrons. The first kappa shape index (κ1) is 20.7. The Morgan fingerprint density at radius 1 is 1.29 bits per heavy atom. The highest BCUT2D eigenvalue weighted by Crippen LogP contribution is 2.39. The summed E-state index contributed by atoms with van der Waals surface area (Å²) in [5, 5.41) is 1.94. The number of amides is 2. The summed E-state index contributed by atoms with van der Waals surface area (Å²) in [6, 6.07) is 6.07. The van der Waals surface area contributed by atoms with Crippen LogP contribution in [0.25, 0.3) is 4.91 Å². The minimum Gasteiger partial charge on any atom is -0.286 e. The van der Waals surface area contributed by atoms with E-state index in [1.807, 2.05) is 26.8 Å². The molecule has 0 bridgehead atoms. The van der Waals surface area contributed by atoms with Crippen LogP contribution in [0.3, 0.4) is 0 Å². The van der Waals surface area contributed by atoms with E-state index in [1.165, 1.54) is 23.9 Å². The molecule has 1 aromatic rings. The van der Waals surface area contributed by atoms with Gasteiger partial charge in [0.15, 0.2) is 0 Å². The molecule has 2 rings (SSSR count). The summed E-state index contributed by atoms with van der Waals surface area (Å²) in [6.07, 6.45) is -0.621. The van der Waals surface area contributed by atoms with Crippen LogP contribution in [0.2, 0.25) is 0 Å². The van der Waals surface area contributed by atoms with Gasteiger partial charge in [0.25, 0.3) is 11.7 Å². The van der Waals surface area contributed by atoms with Gasteiger partial charge >= 0.3 is 0 Å². The first-order valence-electron chi connectivity index (χ1n) is 7.58. The van der Waals surface area contributed by atoms with Crippen molar-refractivity contribution in [1.29, 1.82) is 0 Å². The molecule has 1 N–H and O–H groups in total. The van der Waals surface area contributed by atoms with Gasteiger partial charge in [-0.25, -0.2) is 8.78 Å². The summed E-state index contributed by atoms with van der Waals surface area (Å²) in [7, 11) is 0. The molecule has 1 unspecified atom stereocenters. The highest BCUT2D eigenvalue weighted by molar-refractivity contribution is 8.17. The van der Waals surface area contributed by atoms with E-state index in [0.717, 1.165) is 22.2 Å². The van der Waals surface area contributed by atoms with Gasteiger partial charge in [-0.05, 0) is 31.2 Å². The molecule has 1 aliphatic rings. The topological polar surface area (TPSA) is 46.2 Å². The summed E-state index contributed by atoms with van der Waals surface area (Å²) >= 11 is 2.41. The molecule has 0 spiro atoms. The molecule has 2 amide bonds. The Kier molecular flexibility index (Phi) is 7.96. The quantitative estimate of drug-likeness (QED) is 0.742. The average Bonchev–Trinajstić information content (AvgIpc) is 2.83. The van der Waals surface area contributed by atoms with Gasteiger partial charge in [0, 0.05) is 16.2 Å². The zero-order valence-electron chi connectivity index (χ0n) is 14.1. The Morgan fingerprint density at radius 3 is 2.29 bits per heavy atom. The molecule has 0 aromatic heterocycles. The van der Waals surface area contributed by atoms with E-state index in [-0.39, 0.29) is 16.7 Å². The molecule has 1 saturated heterocycles. The maximum Gasteiger partial charge on any atom is 0.286 e. The highest BCUT2D eigenvalue weighted by Gasteiger charge is 2.43. The third-order valence-corrected chi connectivity index (χ3v) is 5.98. The van der Waals surface area contributed by atoms with Crippen molar-refractivity contribution in [1.82, 2.24) is 5.32 Å². The van der Waals surface area contributed by atoms with Crippen molar-refractivity contribution >= 4 is 39.6 Å². The van der Waals surface area contributed by atoms with E-state index in [9.17, 15) is 18.4 Å². The van der Waals surface area contributed by atoms with Gasteiger partial charge in [0.05, 0.1) is 0 Å². The molecule has 1 aliphatic heterocycles. The lowest BCUT2D eigenvalue weighted by Gasteiger charge is -2.18. The second-order valence-corrected chi connectivity index (χ2v) is 7.43. The maximum atomic E-state index is 12.6. The van der Waals surface area contributed by atoms with E-state index in [1.54, 1.807) is 19.1 Å². The molecule has 24 heavy (non-hydrogen) atoms. The van der Waals surface area contributed by atoms with Crippen molar-refractivity contribution in [3.05, 3.63) is 41.5 Å². The van der Waals surface area contributed by atoms with Gasteiger partial charge in [0.2, 0.25) is 5.91 Å². The van der Waals surface area contributed by atoms with Crippen LogP contribution >= 0.6 is 23.5 Å². The zero-order valence-corrected chi connectivity index (χ0v) is 15.7. The molecule has 1 aromatic carbocycles. The minimum atomic E-state index is -2.49. The lowest BCUT2D eigenvalue weighted by Crippen LogP contribution is -2.35. The second-order valence-electron chi connectivity index (χ2n) is 4.94. The van der Waals surface area contributed by atoms with Crippen molar-refractivity contribution in [3.63, 3.8) is 0 Å². The molecule has 3 nitrogen and oxygen atoms in total. The van der Waals surface area contributed by atoms with E-state index < -0.39 is 11.2 Å². The van der Waals surface area contributed by atoms with Gasteiger partial charge in [-0.3, -0.25) is 14.9 Å². The number of carbonyl (C=O) groups excluding carboxylic acids is 2. The SMILES string of the molecule is C/C=C(\SCC1(C)SC(=O)NC1=O)c1ccc(C(F)F)cc1.CC. The maximum absolute atomic E-state index is 12.6. The Hall–Kier alpha value is -1.34. The van der Waals surface area contributed by atoms with Crippen LogP contribution in [0.1, 0.15) is 45.2 Å². The van der Waals surface area contributed by atoms with Crippen LogP contribution in [0.4, 0.5) is 13.6 Å². The molecular weight excluding hydrogens is 352 g/mol. The van der Waals surface area contributed by atoms with Gasteiger partial charge in [-0.2, -0.15) is 0 Å². The normalized spacial score (nSPS) is 20.7. The van der Waals surface area contributed by atoms with Crippen molar-refractivity contribution < 1.29 is 18.4 Å². The van der Waals surface area contributed by atoms with Crippen LogP contribution in [0.15, 0.2) is 30.3 Å². The summed E-state index contributed by atoms with van der Waals surface area (Å²) in [5.41, 5.74) is 0.794. The number of benzene rings is 1. The molecule has 1 atom stereocenters. The van der Waals surface area contributed by atoms with Crippen molar-refractivity contribution in [3.8, 4) is 0 Å². The summed E-state index contributed by atoms with van der Waals surface area (Å²) in [6.45, 7) is 7.57. The number of alkyl halides is 2. The molecule has 0 saturated carbocycles. The van der Waals surface area contributed by atoms with Crippen LogP contribution in [0, 0.1) is 0 Å². The number of imide groups is 1. The molecule has 7 heteroatoms. The van der Waals surface area contributed by atoms with E-state index in [2.05, 4.69) is 5.32 Å². The summed E-state index contributed by atoms with van der Waals surface area (Å²) in [4.78, 5) is 24.0. The van der Waals surface area contributed by atoms with E-state index in [4.69, 9.17) is 0 Å². The number of carbonyl (C=O) groups is 2. The number of nitrogens with one attached hydrogen (secondary N) is 1. The summed E-state index contributed by atoms with van der Waals surface area (Å²) < 4.78 is 24.3. The molecule has 1 heterocycles. The number of hydrogen-bond acceptors (Lipinski definition) is 4. The number of hydrogen-bond donors (Lipinski definition) is 1. The largest absolute Gasteiger partial charge is 0.286 e. The lowest BCUT2D eigenvalue weighted by atomic mass is 10.1. The lowest BCUT2D eigenvalue weighted by molar-refractivity contribution is -0.120. The predicted octanol–water partition coefficient (Wildman–Crippen LogP) is 5.49. The summed E-state index contributed by atoms with van der Waals surface area (Å²) in [5.74, 6) is 0.129. The Bertz CT molecular complexity index is 618. The van der Waals surface area contributed by atoms with Gasteiger partial charge in [0.1, 0.15) is 4.75 Å². The van der Waals surface area contributed by atoms with Crippen LogP contribution in [0.5, 0.6) is 0 Å². The van der Waals surface area contributed by atoms with Crippen molar-refractivity contribution in [2.24, 2.45) is 0 Å². The zero-order chi connectivity index (χ0) is 18.3. The molecule has 1 fully saturated rings. The highest BCUT2D eigenvalue weighted by atomic mass is 32.2. The smallest absolute Gasteiger partial charge is 0.286 e. The van der Waals surface area contributed by atoms with Crippen LogP contribution in [-0.4, -0.2) is 21.6 Å². The van der Waals surface area contributed by atoms with E-state index in [0.29, 0.717) is 5.75 Å². The monoisotopic (exact) mass is 373 g/mol. The minimum absolute atomic E-state index is 0.0208. The van der Waals surface area contributed by atoms with Gasteiger partial charge in [-0.1, -0.05) is 44.2 Å². The van der Waals surface area contributed by atoms with Crippen LogP contribution < -0.4 is 5.32 Å². The number of allylic oxidation sites excluding steroid dienone is 1. The standard InChI is InChI=1S/C15H15F2NO2S2.C2H6/c1-3-11(9-4-6-10(7-5-9)12(16)17)21-8-15(2)13(19)18-14(20)22-15;1-2/h3-7,12H,8H2,1-2H3,(H,18,19,20);1-2H3/b11-3-;. The average molecular weight is 373 g/mol. The Balaban J connectivity index is 0.00000139. The number of halogens is 2. The van der Waals surface area contributed by atoms with Gasteiger partial charge < -0.3 is 0 Å². The number of rotatable bonds is 5. The first-order valence-corrected chi connectivity index (χ1v) is 9.38. The van der Waals surface area contributed by atoms with Crippen molar-refractivity contribution in [2.75, 3.05) is 5.75 Å². The fraction of sp³-hybridized carbons (Fsp3) is 0.412. The predicted molar refractivity (Wildman–Crippen MR) is 98.4 cm³/mol. The van der Waals surface area contributed by atoms with E-state index >= 15 is 0 Å². The van der Waals surface area contributed by atoms with Gasteiger partial charge in [-0.15, -0.1) is 11.8 Å². The Morgan fingerprint density at radius 2 is 1.88 bits per heavy atom. The fourth-order valence-corrected chi connectivity index (χ4v) is 4.08. The fourth-order valence-electron chi connectivity index (χ4n) is 1.94. The van der Waals surface area contributed by atoms with Crippen LogP contribution in [-0.2, 0) is 4.79 Å². The molecule has 0 aliphatic carbocycles. The molecular formula is C17H21F2NO2S2. The number of thioether (sulfide) groups is 2. The Labute approximate surface area is 149 Å².